The van der Waals surface area contributed by atoms with E-state index in [1.165, 1.54) is 25.3 Å². The molecule has 39 heavy (non-hydrogen) atoms. The van der Waals surface area contributed by atoms with E-state index in [1.807, 2.05) is 23.1 Å². The summed E-state index contributed by atoms with van der Waals surface area (Å²) in [5.74, 6) is -0.149. The van der Waals surface area contributed by atoms with Crippen LogP contribution in [0.15, 0.2) is 53.5 Å². The van der Waals surface area contributed by atoms with E-state index in [0.717, 1.165) is 53.9 Å². The number of hydrogen-bond donors (Lipinski definition) is 2. The molecule has 1 saturated carbocycles. The summed E-state index contributed by atoms with van der Waals surface area (Å²) in [6.45, 7) is 1.65. The zero-order valence-electron chi connectivity index (χ0n) is 21.8. The van der Waals surface area contributed by atoms with Gasteiger partial charge in [-0.15, -0.1) is 0 Å². The zero-order valence-corrected chi connectivity index (χ0v) is 22.6. The summed E-state index contributed by atoms with van der Waals surface area (Å²) in [5, 5.41) is 0.493. The fourth-order valence-corrected chi connectivity index (χ4v) is 7.22. The molecular weight excluding hydrogens is 519 g/mol. The van der Waals surface area contributed by atoms with Gasteiger partial charge in [0.25, 0.3) is 0 Å². The van der Waals surface area contributed by atoms with Crippen LogP contribution in [0.3, 0.4) is 0 Å². The Hall–Kier alpha value is -3.20. The third-order valence-corrected chi connectivity index (χ3v) is 9.00. The van der Waals surface area contributed by atoms with E-state index in [4.69, 9.17) is 22.1 Å². The highest BCUT2D eigenvalue weighted by atomic mass is 35.5. The molecule has 3 heterocycles. The molecule has 0 radical (unpaired) electrons. The molecule has 6 rings (SSSR count). The second-order valence-corrected chi connectivity index (χ2v) is 11.4. The normalized spacial score (nSPS) is 23.5. The number of amides is 1. The number of nitrogens with one attached hydrogen (secondary N) is 1. The molecule has 7 nitrogen and oxygen atoms in total. The van der Waals surface area contributed by atoms with Crippen molar-refractivity contribution in [2.24, 2.45) is 5.73 Å². The molecule has 0 bridgehead atoms. The lowest BCUT2D eigenvalue weighted by atomic mass is 9.91. The number of carbonyl (C=O) groups is 1. The first kappa shape index (κ1) is 26.0. The average molecular weight is 552 g/mol. The number of ether oxygens (including phenoxy) is 1. The first-order valence-corrected chi connectivity index (χ1v) is 14.1. The number of aromatic amines is 1. The van der Waals surface area contributed by atoms with Crippen LogP contribution in [0.1, 0.15) is 48.8 Å². The van der Waals surface area contributed by atoms with Crippen molar-refractivity contribution in [2.45, 2.75) is 63.7 Å². The standard InChI is InChI=1S/C30H32ClFN4O3/c31-25-15-24(36(23-4-2-1-3-5-23)11-9-20-13-22(32)6-7-27(20)36)14-21-17-35(16-19-8-10-34-28(37)12-19)26(30(33)38)18-39-29(21)25/h6-8,10,12-15,23,26H,1-5,9,11,16-18H2,(H2-,33,34,37,38)/p+1. The first-order valence-electron chi connectivity index (χ1n) is 13.7. The van der Waals surface area contributed by atoms with Gasteiger partial charge in [0.2, 0.25) is 11.5 Å². The number of hydrogen-bond acceptors (Lipinski definition) is 4. The van der Waals surface area contributed by atoms with Crippen molar-refractivity contribution in [3.05, 3.63) is 86.5 Å². The van der Waals surface area contributed by atoms with Gasteiger partial charge in [0.15, 0.2) is 0 Å². The van der Waals surface area contributed by atoms with Crippen LogP contribution in [0.4, 0.5) is 15.8 Å². The highest BCUT2D eigenvalue weighted by molar-refractivity contribution is 6.32. The number of fused-ring (bicyclic) bond motifs is 2. The summed E-state index contributed by atoms with van der Waals surface area (Å²) in [4.78, 5) is 29.0. The Morgan fingerprint density at radius 2 is 1.95 bits per heavy atom. The summed E-state index contributed by atoms with van der Waals surface area (Å²) in [6.07, 6.45) is 8.17. The van der Waals surface area contributed by atoms with Crippen LogP contribution in [0, 0.1) is 5.82 Å². The van der Waals surface area contributed by atoms with Crippen molar-refractivity contribution in [1.29, 1.82) is 0 Å². The van der Waals surface area contributed by atoms with Gasteiger partial charge in [-0.2, -0.15) is 0 Å². The fourth-order valence-electron chi connectivity index (χ4n) is 6.93. The molecule has 2 aromatic carbocycles. The summed E-state index contributed by atoms with van der Waals surface area (Å²) in [6, 6.07) is 12.4. The van der Waals surface area contributed by atoms with Crippen molar-refractivity contribution in [1.82, 2.24) is 14.4 Å². The van der Waals surface area contributed by atoms with E-state index < -0.39 is 11.9 Å². The van der Waals surface area contributed by atoms with E-state index in [-0.39, 0.29) is 18.0 Å². The van der Waals surface area contributed by atoms with Crippen LogP contribution in [0.2, 0.25) is 5.02 Å². The Morgan fingerprint density at radius 3 is 2.72 bits per heavy atom. The SMILES string of the molecule is NC(=O)C1COc2c(Cl)cc([N+]3(C4CCCCC4)CCc4cc(F)ccc43)cc2CN1Cc1cc[nH]c(=O)c1. The molecule has 3 aromatic rings. The molecule has 1 aliphatic carbocycles. The van der Waals surface area contributed by atoms with E-state index in [1.54, 1.807) is 18.3 Å². The Kier molecular flexibility index (Phi) is 6.95. The number of nitrogens with zero attached hydrogens (tertiary/aromatic N) is 2. The van der Waals surface area contributed by atoms with Gasteiger partial charge in [0, 0.05) is 73.9 Å². The summed E-state index contributed by atoms with van der Waals surface area (Å²) >= 11 is 6.93. The smallest absolute Gasteiger partial charge is 0.248 e. The molecule has 2 aliphatic heterocycles. The number of rotatable bonds is 5. The minimum Gasteiger partial charge on any atom is -0.489 e. The summed E-state index contributed by atoms with van der Waals surface area (Å²) < 4.78 is 21.0. The Balaban J connectivity index is 1.45. The van der Waals surface area contributed by atoms with E-state index in [2.05, 4.69) is 11.1 Å². The number of aromatic nitrogens is 1. The minimum atomic E-state index is -0.687. The van der Waals surface area contributed by atoms with Crippen molar-refractivity contribution < 1.29 is 13.9 Å². The van der Waals surface area contributed by atoms with Gasteiger partial charge >= 0.3 is 0 Å². The molecule has 1 amide bonds. The van der Waals surface area contributed by atoms with Crippen LogP contribution in [-0.2, 0) is 24.3 Å². The van der Waals surface area contributed by atoms with Gasteiger partial charge in [0.1, 0.15) is 35.6 Å². The van der Waals surface area contributed by atoms with Crippen molar-refractivity contribution in [3.8, 4) is 5.75 Å². The molecule has 1 aromatic heterocycles. The number of H-pyrrole nitrogens is 1. The summed E-state index contributed by atoms with van der Waals surface area (Å²) in [7, 11) is 0. The second kappa shape index (κ2) is 10.4. The third-order valence-electron chi connectivity index (χ3n) is 8.72. The van der Waals surface area contributed by atoms with Crippen LogP contribution < -0.4 is 20.5 Å². The molecule has 0 spiro atoms. The molecule has 0 saturated heterocycles. The number of pyridine rings is 1. The predicted molar refractivity (Wildman–Crippen MR) is 150 cm³/mol. The van der Waals surface area contributed by atoms with Crippen molar-refractivity contribution in [2.75, 3.05) is 13.2 Å². The monoisotopic (exact) mass is 551 g/mol. The lowest BCUT2D eigenvalue weighted by Gasteiger charge is -2.43. The molecule has 2 unspecified atom stereocenters. The number of carbonyl (C=O) groups excluding carboxylic acids is 1. The quantitative estimate of drug-likeness (QED) is 0.439. The van der Waals surface area contributed by atoms with Crippen molar-refractivity contribution >= 4 is 28.9 Å². The molecule has 3 aliphatic rings. The largest absolute Gasteiger partial charge is 0.489 e. The Labute approximate surface area is 231 Å². The maximum absolute atomic E-state index is 14.2. The highest BCUT2D eigenvalue weighted by Gasteiger charge is 2.48. The van der Waals surface area contributed by atoms with Gasteiger partial charge in [-0.05, 0) is 36.6 Å². The van der Waals surface area contributed by atoms with E-state index in [9.17, 15) is 14.0 Å². The van der Waals surface area contributed by atoms with E-state index >= 15 is 0 Å². The number of nitrogens with two attached hydrogens (primary N) is 1. The molecule has 204 valence electrons. The Morgan fingerprint density at radius 1 is 1.13 bits per heavy atom. The fraction of sp³-hybridized carbons (Fsp3) is 0.400. The van der Waals surface area contributed by atoms with E-state index in [0.29, 0.717) is 34.4 Å². The second-order valence-electron chi connectivity index (χ2n) is 11.0. The van der Waals surface area contributed by atoms with Gasteiger partial charge < -0.3 is 15.5 Å². The third kappa shape index (κ3) is 4.75. The maximum atomic E-state index is 14.2. The van der Waals surface area contributed by atoms with Crippen molar-refractivity contribution in [3.63, 3.8) is 0 Å². The molecule has 9 heteroatoms. The van der Waals surface area contributed by atoms with Gasteiger partial charge in [-0.1, -0.05) is 18.0 Å². The minimum absolute atomic E-state index is 0.0648. The van der Waals surface area contributed by atoms with Crippen LogP contribution >= 0.6 is 11.6 Å². The molecule has 3 N–H and O–H groups in total. The topological polar surface area (TPSA) is 88.4 Å². The number of halogens is 2. The predicted octanol–water partition coefficient (Wildman–Crippen LogP) is 4.94. The Bertz CT molecular complexity index is 1470. The van der Waals surface area contributed by atoms with Crippen LogP contribution in [-0.4, -0.2) is 41.0 Å². The molecular formula is C30H33ClFN4O3+. The summed E-state index contributed by atoms with van der Waals surface area (Å²) in [5.41, 5.74) is 10.5. The lowest BCUT2D eigenvalue weighted by molar-refractivity contribution is -0.124. The number of benzene rings is 2. The van der Waals surface area contributed by atoms with Crippen LogP contribution in [0.25, 0.3) is 0 Å². The maximum Gasteiger partial charge on any atom is 0.248 e. The zero-order chi connectivity index (χ0) is 27.1. The van der Waals surface area contributed by atoms with Gasteiger partial charge in [0.05, 0.1) is 17.6 Å². The molecule has 2 atom stereocenters. The number of quaternary nitrogens is 1. The lowest BCUT2D eigenvalue weighted by Crippen LogP contribution is -2.52. The van der Waals surface area contributed by atoms with Gasteiger partial charge in [-0.3, -0.25) is 19.0 Å². The highest BCUT2D eigenvalue weighted by Crippen LogP contribution is 2.50. The molecule has 1 fully saturated rings. The average Bonchev–Trinajstić information content (AvgIpc) is 3.19. The first-order chi connectivity index (χ1) is 18.8. The number of primary amides is 1. The van der Waals surface area contributed by atoms with Crippen LogP contribution in [0.5, 0.6) is 5.75 Å². The van der Waals surface area contributed by atoms with Gasteiger partial charge in [-0.25, -0.2) is 4.39 Å².